The molecule has 1 amide bonds. The number of hydrogen-bond acceptors (Lipinski definition) is 4. The second-order valence-electron chi connectivity index (χ2n) is 5.60. The van der Waals surface area contributed by atoms with Crippen LogP contribution >= 0.6 is 0 Å². The average molecular weight is 308 g/mol. The molecule has 0 aromatic heterocycles. The highest BCUT2D eigenvalue weighted by Crippen LogP contribution is 2.14. The molecule has 0 saturated carbocycles. The summed E-state index contributed by atoms with van der Waals surface area (Å²) in [6.07, 6.45) is -0.217. The molecule has 2 rings (SSSR count). The normalized spacial score (nSPS) is 18.6. The fourth-order valence-corrected chi connectivity index (χ4v) is 2.42. The molecule has 1 N–H and O–H groups in total. The number of nitrogens with zero attached hydrogens (tertiary/aromatic N) is 1. The van der Waals surface area contributed by atoms with Gasteiger partial charge in [-0.25, -0.2) is 4.39 Å². The maximum absolute atomic E-state index is 13.7. The van der Waals surface area contributed by atoms with Gasteiger partial charge < -0.3 is 15.0 Å². The molecule has 1 fully saturated rings. The molecule has 0 aliphatic carbocycles. The number of nitrogens with one attached hydrogen (secondary N) is 1. The van der Waals surface area contributed by atoms with Gasteiger partial charge in [-0.3, -0.25) is 9.59 Å². The van der Waals surface area contributed by atoms with Gasteiger partial charge in [0.05, 0.1) is 18.6 Å². The Morgan fingerprint density at radius 3 is 2.86 bits per heavy atom. The van der Waals surface area contributed by atoms with Crippen molar-refractivity contribution in [3.05, 3.63) is 35.6 Å². The lowest BCUT2D eigenvalue weighted by atomic mass is 10.1. The lowest BCUT2D eigenvalue weighted by Crippen LogP contribution is -2.55. The molecule has 1 unspecified atom stereocenters. The summed E-state index contributed by atoms with van der Waals surface area (Å²) in [4.78, 5) is 25.7. The lowest BCUT2D eigenvalue weighted by molar-refractivity contribution is -0.151. The first-order chi connectivity index (χ1) is 10.5. The van der Waals surface area contributed by atoms with E-state index in [0.29, 0.717) is 18.7 Å². The Kier molecular flexibility index (Phi) is 5.49. The molecule has 1 heterocycles. The molecule has 0 spiro atoms. The molecule has 1 aromatic carbocycles. The zero-order valence-electron chi connectivity index (χ0n) is 12.8. The van der Waals surface area contributed by atoms with Gasteiger partial charge in [0, 0.05) is 25.2 Å². The van der Waals surface area contributed by atoms with Gasteiger partial charge in [-0.2, -0.15) is 0 Å². The van der Waals surface area contributed by atoms with Crippen LogP contribution in [0.4, 0.5) is 4.39 Å². The van der Waals surface area contributed by atoms with Crippen molar-refractivity contribution in [2.45, 2.75) is 39.0 Å². The van der Waals surface area contributed by atoms with E-state index in [-0.39, 0.29) is 30.8 Å². The highest BCUT2D eigenvalue weighted by Gasteiger charge is 2.31. The Bertz CT molecular complexity index is 548. The molecule has 1 saturated heterocycles. The molecule has 22 heavy (non-hydrogen) atoms. The highest BCUT2D eigenvalue weighted by atomic mass is 19.1. The number of halogens is 1. The Balaban J connectivity index is 1.98. The van der Waals surface area contributed by atoms with Crippen LogP contribution < -0.4 is 5.32 Å². The molecule has 1 aliphatic rings. The summed E-state index contributed by atoms with van der Waals surface area (Å²) >= 11 is 0. The first-order valence-electron chi connectivity index (χ1n) is 7.42. The number of carbonyl (C=O) groups is 2. The van der Waals surface area contributed by atoms with Gasteiger partial charge in [-0.1, -0.05) is 18.2 Å². The van der Waals surface area contributed by atoms with Gasteiger partial charge >= 0.3 is 5.97 Å². The molecule has 1 aromatic rings. The summed E-state index contributed by atoms with van der Waals surface area (Å²) in [5.41, 5.74) is 0.473. The molecule has 0 bridgehead atoms. The Morgan fingerprint density at radius 2 is 2.18 bits per heavy atom. The molecule has 1 atom stereocenters. The third-order valence-electron chi connectivity index (χ3n) is 3.44. The fourth-order valence-electron chi connectivity index (χ4n) is 2.42. The first kappa shape index (κ1) is 16.4. The molecule has 0 radical (unpaired) electrons. The summed E-state index contributed by atoms with van der Waals surface area (Å²) in [6.45, 7) is 4.79. The number of hydrogen-bond donors (Lipinski definition) is 1. The quantitative estimate of drug-likeness (QED) is 0.837. The average Bonchev–Trinajstić information content (AvgIpc) is 2.44. The van der Waals surface area contributed by atoms with Gasteiger partial charge in [-0.15, -0.1) is 0 Å². The minimum atomic E-state index is -0.605. The summed E-state index contributed by atoms with van der Waals surface area (Å²) in [7, 11) is 0. The second-order valence-corrected chi connectivity index (χ2v) is 5.60. The van der Waals surface area contributed by atoms with Gasteiger partial charge in [0.25, 0.3) is 0 Å². The van der Waals surface area contributed by atoms with E-state index in [1.165, 1.54) is 6.07 Å². The number of benzene rings is 1. The Morgan fingerprint density at radius 1 is 1.45 bits per heavy atom. The van der Waals surface area contributed by atoms with Gasteiger partial charge in [-0.05, 0) is 19.9 Å². The Labute approximate surface area is 129 Å². The largest absolute Gasteiger partial charge is 0.463 e. The van der Waals surface area contributed by atoms with Crippen molar-refractivity contribution in [3.8, 4) is 0 Å². The van der Waals surface area contributed by atoms with Crippen molar-refractivity contribution in [2.24, 2.45) is 0 Å². The predicted octanol–water partition coefficient (Wildman–Crippen LogP) is 1.47. The number of ether oxygens (including phenoxy) is 1. The summed E-state index contributed by atoms with van der Waals surface area (Å²) in [5.74, 6) is -0.937. The van der Waals surface area contributed by atoms with Crippen LogP contribution in [0.3, 0.4) is 0 Å². The molecule has 1 aliphatic heterocycles. The van der Waals surface area contributed by atoms with Gasteiger partial charge in [0.1, 0.15) is 5.82 Å². The van der Waals surface area contributed by atoms with Crippen LogP contribution in [0.5, 0.6) is 0 Å². The zero-order chi connectivity index (χ0) is 16.1. The maximum Gasteiger partial charge on any atom is 0.308 e. The smallest absolute Gasteiger partial charge is 0.308 e. The van der Waals surface area contributed by atoms with Gasteiger partial charge in [0.15, 0.2) is 0 Å². The molecular weight excluding hydrogens is 287 g/mol. The van der Waals surface area contributed by atoms with Crippen molar-refractivity contribution in [1.29, 1.82) is 0 Å². The van der Waals surface area contributed by atoms with Crippen molar-refractivity contribution in [2.75, 3.05) is 13.1 Å². The molecular formula is C16H21FN2O3. The minimum absolute atomic E-state index is 0.00914. The summed E-state index contributed by atoms with van der Waals surface area (Å²) < 4.78 is 18.8. The van der Waals surface area contributed by atoms with E-state index < -0.39 is 12.0 Å². The van der Waals surface area contributed by atoms with E-state index in [1.807, 2.05) is 0 Å². The monoisotopic (exact) mass is 308 g/mol. The third-order valence-corrected chi connectivity index (χ3v) is 3.44. The predicted molar refractivity (Wildman–Crippen MR) is 79.5 cm³/mol. The first-order valence-corrected chi connectivity index (χ1v) is 7.42. The standard InChI is InChI=1S/C16H21FN2O3/c1-11(2)22-15(20)9-14-16(21)19(8-7-18-14)10-12-5-3-4-6-13(12)17/h3-6,11,14,18H,7-10H2,1-2H3. The van der Waals surface area contributed by atoms with Crippen LogP contribution in [0, 0.1) is 5.82 Å². The van der Waals surface area contributed by atoms with Crippen LogP contribution in [0.15, 0.2) is 24.3 Å². The van der Waals surface area contributed by atoms with Crippen LogP contribution in [-0.4, -0.2) is 42.0 Å². The van der Waals surface area contributed by atoms with Crippen LogP contribution in [0.2, 0.25) is 0 Å². The van der Waals surface area contributed by atoms with E-state index in [1.54, 1.807) is 36.9 Å². The number of esters is 1. The Hall–Kier alpha value is -1.95. The van der Waals surface area contributed by atoms with E-state index in [9.17, 15) is 14.0 Å². The highest BCUT2D eigenvalue weighted by molar-refractivity contribution is 5.87. The lowest BCUT2D eigenvalue weighted by Gasteiger charge is -2.33. The van der Waals surface area contributed by atoms with E-state index >= 15 is 0 Å². The molecule has 6 heteroatoms. The van der Waals surface area contributed by atoms with Crippen molar-refractivity contribution in [3.63, 3.8) is 0 Å². The summed E-state index contributed by atoms with van der Waals surface area (Å²) in [6, 6.07) is 5.78. The fraction of sp³-hybridized carbons (Fsp3) is 0.500. The van der Waals surface area contributed by atoms with Crippen LogP contribution in [-0.2, 0) is 20.9 Å². The zero-order valence-corrected chi connectivity index (χ0v) is 12.8. The number of piperazine rings is 1. The van der Waals surface area contributed by atoms with Crippen molar-refractivity contribution in [1.82, 2.24) is 10.2 Å². The van der Waals surface area contributed by atoms with Crippen molar-refractivity contribution >= 4 is 11.9 Å². The number of carbonyl (C=O) groups excluding carboxylic acids is 2. The van der Waals surface area contributed by atoms with Crippen molar-refractivity contribution < 1.29 is 18.7 Å². The molecule has 5 nitrogen and oxygen atoms in total. The molecule has 120 valence electrons. The second kappa shape index (κ2) is 7.35. The van der Waals surface area contributed by atoms with Crippen LogP contribution in [0.1, 0.15) is 25.8 Å². The van der Waals surface area contributed by atoms with E-state index in [0.717, 1.165) is 0 Å². The third kappa shape index (κ3) is 4.27. The minimum Gasteiger partial charge on any atom is -0.463 e. The van der Waals surface area contributed by atoms with E-state index in [4.69, 9.17) is 4.74 Å². The SMILES string of the molecule is CC(C)OC(=O)CC1NCCN(Cc2ccccc2F)C1=O. The maximum atomic E-state index is 13.7. The van der Waals surface area contributed by atoms with E-state index in [2.05, 4.69) is 5.32 Å². The summed E-state index contributed by atoms with van der Waals surface area (Å²) in [5, 5.41) is 3.02. The number of rotatable bonds is 5. The van der Waals surface area contributed by atoms with Crippen LogP contribution in [0.25, 0.3) is 0 Å². The topological polar surface area (TPSA) is 58.6 Å². The number of amides is 1. The van der Waals surface area contributed by atoms with Gasteiger partial charge in [0.2, 0.25) is 5.91 Å².